The number of carbonyl (C=O) groups is 1. The van der Waals surface area contributed by atoms with Gasteiger partial charge in [-0.2, -0.15) is 0 Å². The van der Waals surface area contributed by atoms with Gasteiger partial charge in [0.2, 0.25) is 0 Å². The van der Waals surface area contributed by atoms with E-state index in [1.165, 1.54) is 0 Å². The van der Waals surface area contributed by atoms with Gasteiger partial charge in [-0.25, -0.2) is 0 Å². The number of nitrogens with one attached hydrogen (secondary N) is 1. The van der Waals surface area contributed by atoms with Crippen LogP contribution in [0.15, 0.2) is 11.4 Å². The van der Waals surface area contributed by atoms with E-state index in [2.05, 4.69) is 5.32 Å². The minimum absolute atomic E-state index is 0.0762. The molecule has 0 aromatic carbocycles. The molecule has 0 fully saturated rings. The summed E-state index contributed by atoms with van der Waals surface area (Å²) in [6.07, 6.45) is 0. The Labute approximate surface area is 89.3 Å². The molecule has 0 amide bonds. The van der Waals surface area contributed by atoms with Crippen LogP contribution in [0, 0.1) is 12.8 Å². The van der Waals surface area contributed by atoms with E-state index in [-0.39, 0.29) is 11.7 Å². The van der Waals surface area contributed by atoms with Crippen LogP contribution in [-0.2, 0) is 0 Å². The lowest BCUT2D eigenvalue weighted by atomic mass is 10.0. The first-order valence-corrected chi connectivity index (χ1v) is 5.83. The molecule has 1 atom stereocenters. The van der Waals surface area contributed by atoms with Gasteiger partial charge in [0.1, 0.15) is 0 Å². The monoisotopic (exact) mass is 211 g/mol. The van der Waals surface area contributed by atoms with Crippen LogP contribution in [0.3, 0.4) is 0 Å². The van der Waals surface area contributed by atoms with Gasteiger partial charge in [-0.05, 0) is 30.5 Å². The van der Waals surface area contributed by atoms with E-state index in [1.54, 1.807) is 11.3 Å². The van der Waals surface area contributed by atoms with E-state index in [0.717, 1.165) is 23.5 Å². The Morgan fingerprint density at radius 2 is 2.36 bits per heavy atom. The minimum Gasteiger partial charge on any atom is -0.316 e. The maximum atomic E-state index is 11.9. The standard InChI is InChI=1S/C11H17NOS/c1-4-12-7-9(3)10(13)11-8(2)5-6-14-11/h5-6,9,12H,4,7H2,1-3H3. The predicted molar refractivity (Wildman–Crippen MR) is 61.1 cm³/mol. The molecule has 0 bridgehead atoms. The quantitative estimate of drug-likeness (QED) is 0.758. The van der Waals surface area contributed by atoms with Crippen molar-refractivity contribution in [3.63, 3.8) is 0 Å². The molecule has 1 aromatic heterocycles. The third-order valence-electron chi connectivity index (χ3n) is 2.23. The zero-order valence-corrected chi connectivity index (χ0v) is 9.78. The van der Waals surface area contributed by atoms with Gasteiger partial charge in [0.15, 0.2) is 5.78 Å². The third-order valence-corrected chi connectivity index (χ3v) is 3.27. The van der Waals surface area contributed by atoms with Gasteiger partial charge in [-0.3, -0.25) is 4.79 Å². The largest absolute Gasteiger partial charge is 0.316 e. The molecular weight excluding hydrogens is 194 g/mol. The smallest absolute Gasteiger partial charge is 0.177 e. The van der Waals surface area contributed by atoms with Gasteiger partial charge in [0, 0.05) is 12.5 Å². The molecule has 0 saturated carbocycles. The number of thiophene rings is 1. The summed E-state index contributed by atoms with van der Waals surface area (Å²) in [5.41, 5.74) is 1.10. The van der Waals surface area contributed by atoms with Gasteiger partial charge in [0.05, 0.1) is 4.88 Å². The molecule has 78 valence electrons. The second kappa shape index (κ2) is 5.27. The first-order chi connectivity index (χ1) is 6.66. The van der Waals surface area contributed by atoms with Crippen molar-refractivity contribution in [2.75, 3.05) is 13.1 Å². The Balaban J connectivity index is 2.61. The van der Waals surface area contributed by atoms with Crippen molar-refractivity contribution in [2.45, 2.75) is 20.8 Å². The Morgan fingerprint density at radius 3 is 2.86 bits per heavy atom. The molecule has 1 N–H and O–H groups in total. The van der Waals surface area contributed by atoms with Crippen LogP contribution in [0.1, 0.15) is 29.1 Å². The van der Waals surface area contributed by atoms with Crippen LogP contribution in [0.5, 0.6) is 0 Å². The lowest BCUT2D eigenvalue weighted by molar-refractivity contribution is 0.0933. The maximum Gasteiger partial charge on any atom is 0.177 e. The third kappa shape index (κ3) is 2.66. The summed E-state index contributed by atoms with van der Waals surface area (Å²) in [5, 5.41) is 5.17. The molecule has 0 saturated heterocycles. The summed E-state index contributed by atoms with van der Waals surface area (Å²) in [5.74, 6) is 0.339. The first-order valence-electron chi connectivity index (χ1n) is 4.95. The lowest BCUT2D eigenvalue weighted by Gasteiger charge is -2.09. The van der Waals surface area contributed by atoms with E-state index in [9.17, 15) is 4.79 Å². The number of hydrogen-bond acceptors (Lipinski definition) is 3. The number of carbonyl (C=O) groups excluding carboxylic acids is 1. The van der Waals surface area contributed by atoms with Crippen molar-refractivity contribution in [3.05, 3.63) is 21.9 Å². The second-order valence-corrected chi connectivity index (χ2v) is 4.42. The molecule has 3 heteroatoms. The molecule has 1 aromatic rings. The highest BCUT2D eigenvalue weighted by Crippen LogP contribution is 2.19. The Bertz CT molecular complexity index is 306. The predicted octanol–water partition coefficient (Wildman–Crippen LogP) is 2.48. The van der Waals surface area contributed by atoms with Crippen LogP contribution >= 0.6 is 11.3 Å². The van der Waals surface area contributed by atoms with E-state index in [1.807, 2.05) is 32.2 Å². The molecule has 1 rings (SSSR count). The summed E-state index contributed by atoms with van der Waals surface area (Å²) in [6.45, 7) is 7.70. The summed E-state index contributed by atoms with van der Waals surface area (Å²) in [4.78, 5) is 12.8. The van der Waals surface area contributed by atoms with Gasteiger partial charge in [-0.15, -0.1) is 11.3 Å². The average Bonchev–Trinajstić information content (AvgIpc) is 2.59. The average molecular weight is 211 g/mol. The van der Waals surface area contributed by atoms with Crippen molar-refractivity contribution >= 4 is 17.1 Å². The normalized spacial score (nSPS) is 12.8. The number of ketones is 1. The van der Waals surface area contributed by atoms with Crippen LogP contribution in [0.4, 0.5) is 0 Å². The van der Waals surface area contributed by atoms with E-state index >= 15 is 0 Å². The Hall–Kier alpha value is -0.670. The molecule has 0 radical (unpaired) electrons. The van der Waals surface area contributed by atoms with Crippen LogP contribution in [0.2, 0.25) is 0 Å². The van der Waals surface area contributed by atoms with Gasteiger partial charge in [-0.1, -0.05) is 13.8 Å². The summed E-state index contributed by atoms with van der Waals surface area (Å²) >= 11 is 1.54. The molecule has 0 aliphatic rings. The fourth-order valence-electron chi connectivity index (χ4n) is 1.30. The highest BCUT2D eigenvalue weighted by atomic mass is 32.1. The van der Waals surface area contributed by atoms with E-state index < -0.39 is 0 Å². The fraction of sp³-hybridized carbons (Fsp3) is 0.545. The molecule has 0 aliphatic carbocycles. The van der Waals surface area contributed by atoms with Crippen molar-refractivity contribution in [1.29, 1.82) is 0 Å². The topological polar surface area (TPSA) is 29.1 Å². The van der Waals surface area contributed by atoms with Gasteiger partial charge < -0.3 is 5.32 Å². The molecule has 1 unspecified atom stereocenters. The fourth-order valence-corrected chi connectivity index (χ4v) is 2.28. The zero-order valence-electron chi connectivity index (χ0n) is 8.96. The molecule has 0 spiro atoms. The van der Waals surface area contributed by atoms with Crippen LogP contribution < -0.4 is 5.32 Å². The highest BCUT2D eigenvalue weighted by Gasteiger charge is 2.17. The van der Waals surface area contributed by atoms with Crippen molar-refractivity contribution in [2.24, 2.45) is 5.92 Å². The van der Waals surface area contributed by atoms with Crippen LogP contribution in [-0.4, -0.2) is 18.9 Å². The minimum atomic E-state index is 0.0762. The van der Waals surface area contributed by atoms with Crippen molar-refractivity contribution in [3.8, 4) is 0 Å². The van der Waals surface area contributed by atoms with E-state index in [4.69, 9.17) is 0 Å². The molecule has 1 heterocycles. The first kappa shape index (κ1) is 11.4. The number of aryl methyl sites for hydroxylation is 1. The summed E-state index contributed by atoms with van der Waals surface area (Å²) in [7, 11) is 0. The number of rotatable bonds is 5. The SMILES string of the molecule is CCNCC(C)C(=O)c1sccc1C. The Morgan fingerprint density at radius 1 is 1.64 bits per heavy atom. The molecule has 14 heavy (non-hydrogen) atoms. The molecule has 0 aliphatic heterocycles. The summed E-state index contributed by atoms with van der Waals surface area (Å²) in [6, 6.07) is 2.00. The zero-order chi connectivity index (χ0) is 10.6. The number of hydrogen-bond donors (Lipinski definition) is 1. The van der Waals surface area contributed by atoms with Gasteiger partial charge >= 0.3 is 0 Å². The van der Waals surface area contributed by atoms with Crippen molar-refractivity contribution in [1.82, 2.24) is 5.32 Å². The van der Waals surface area contributed by atoms with Crippen LogP contribution in [0.25, 0.3) is 0 Å². The number of Topliss-reactive ketones (excluding diaryl/α,β-unsaturated/α-hetero) is 1. The highest BCUT2D eigenvalue weighted by molar-refractivity contribution is 7.12. The summed E-state index contributed by atoms with van der Waals surface area (Å²) < 4.78 is 0. The molecular formula is C11H17NOS. The lowest BCUT2D eigenvalue weighted by Crippen LogP contribution is -2.26. The van der Waals surface area contributed by atoms with E-state index in [0.29, 0.717) is 0 Å². The second-order valence-electron chi connectivity index (χ2n) is 3.51. The maximum absolute atomic E-state index is 11.9. The van der Waals surface area contributed by atoms with Crippen molar-refractivity contribution < 1.29 is 4.79 Å². The molecule has 2 nitrogen and oxygen atoms in total. The van der Waals surface area contributed by atoms with Gasteiger partial charge in [0.25, 0.3) is 0 Å². The Kier molecular flexibility index (Phi) is 4.29.